The van der Waals surface area contributed by atoms with E-state index in [1.54, 1.807) is 0 Å². The van der Waals surface area contributed by atoms with Gasteiger partial charge in [0.05, 0.1) is 18.1 Å². The van der Waals surface area contributed by atoms with E-state index in [1.807, 2.05) is 6.92 Å². The van der Waals surface area contributed by atoms with E-state index in [0.717, 1.165) is 6.42 Å². The van der Waals surface area contributed by atoms with Crippen molar-refractivity contribution in [1.82, 2.24) is 0 Å². The molecule has 1 atom stereocenters. The van der Waals surface area contributed by atoms with Gasteiger partial charge >= 0.3 is 0 Å². The number of sulfone groups is 1. The maximum absolute atomic E-state index is 11.5. The third kappa shape index (κ3) is 3.73. The summed E-state index contributed by atoms with van der Waals surface area (Å²) in [5.74, 6) is -0.338. The molecule has 1 aliphatic rings. The first kappa shape index (κ1) is 12.9. The maximum Gasteiger partial charge on any atom is 0.271 e. The van der Waals surface area contributed by atoms with Gasteiger partial charge in [0.2, 0.25) is 0 Å². The third-order valence-electron chi connectivity index (χ3n) is 2.34. The zero-order chi connectivity index (χ0) is 11.5. The average molecular weight is 256 g/mol. The van der Waals surface area contributed by atoms with E-state index >= 15 is 0 Å². The van der Waals surface area contributed by atoms with Crippen molar-refractivity contribution >= 4 is 20.0 Å². The van der Waals surface area contributed by atoms with Gasteiger partial charge in [-0.2, -0.15) is 8.42 Å². The van der Waals surface area contributed by atoms with Crippen LogP contribution in [0.2, 0.25) is 0 Å². The van der Waals surface area contributed by atoms with E-state index < -0.39 is 25.2 Å². The van der Waals surface area contributed by atoms with Crippen LogP contribution in [0.25, 0.3) is 0 Å². The zero-order valence-electron chi connectivity index (χ0n) is 8.68. The van der Waals surface area contributed by atoms with Crippen LogP contribution in [0.15, 0.2) is 0 Å². The minimum atomic E-state index is -3.68. The molecule has 0 saturated carbocycles. The molecule has 0 bridgehead atoms. The highest BCUT2D eigenvalue weighted by atomic mass is 32.2. The van der Waals surface area contributed by atoms with Crippen LogP contribution in [0.1, 0.15) is 26.2 Å². The Morgan fingerprint density at radius 2 is 2.07 bits per heavy atom. The van der Waals surface area contributed by atoms with E-state index in [9.17, 15) is 16.8 Å². The topological polar surface area (TPSA) is 77.5 Å². The van der Waals surface area contributed by atoms with Gasteiger partial charge in [0.1, 0.15) is 5.25 Å². The van der Waals surface area contributed by atoms with E-state index in [1.165, 1.54) is 0 Å². The van der Waals surface area contributed by atoms with Gasteiger partial charge in [-0.1, -0.05) is 13.3 Å². The minimum Gasteiger partial charge on any atom is -0.270 e. The SMILES string of the molecule is CCCCOS(=O)(=O)[C@@H]1CCS(=O)(=O)C1. The summed E-state index contributed by atoms with van der Waals surface area (Å²) in [6.07, 6.45) is 1.67. The Hall–Kier alpha value is -0.140. The summed E-state index contributed by atoms with van der Waals surface area (Å²) in [5, 5.41) is -0.862. The Morgan fingerprint density at radius 1 is 1.40 bits per heavy atom. The van der Waals surface area contributed by atoms with Gasteiger partial charge in [-0.15, -0.1) is 0 Å². The van der Waals surface area contributed by atoms with Crippen molar-refractivity contribution in [2.75, 3.05) is 18.1 Å². The molecule has 0 spiro atoms. The molecule has 0 unspecified atom stereocenters. The first-order chi connectivity index (χ1) is 6.87. The predicted octanol–water partition coefficient (Wildman–Crippen LogP) is 0.320. The molecule has 1 fully saturated rings. The molecule has 90 valence electrons. The molecule has 0 aromatic carbocycles. The molecule has 0 N–H and O–H groups in total. The summed E-state index contributed by atoms with van der Waals surface area (Å²) in [6, 6.07) is 0. The molecule has 1 rings (SSSR count). The van der Waals surface area contributed by atoms with Crippen molar-refractivity contribution in [3.63, 3.8) is 0 Å². The van der Waals surface area contributed by atoms with Gasteiger partial charge < -0.3 is 0 Å². The van der Waals surface area contributed by atoms with Crippen LogP contribution in [0.5, 0.6) is 0 Å². The second kappa shape index (κ2) is 4.80. The first-order valence-electron chi connectivity index (χ1n) is 4.96. The predicted molar refractivity (Wildman–Crippen MR) is 56.8 cm³/mol. The van der Waals surface area contributed by atoms with Crippen LogP contribution in [0.4, 0.5) is 0 Å². The molecule has 15 heavy (non-hydrogen) atoms. The molecule has 5 nitrogen and oxygen atoms in total. The Morgan fingerprint density at radius 3 is 2.53 bits per heavy atom. The Kier molecular flexibility index (Phi) is 4.13. The largest absolute Gasteiger partial charge is 0.271 e. The molecule has 7 heteroatoms. The lowest BCUT2D eigenvalue weighted by Gasteiger charge is -2.09. The van der Waals surface area contributed by atoms with Crippen LogP contribution in [-0.4, -0.2) is 40.2 Å². The second-order valence-electron chi connectivity index (χ2n) is 3.69. The van der Waals surface area contributed by atoms with E-state index in [4.69, 9.17) is 4.18 Å². The van der Waals surface area contributed by atoms with E-state index in [2.05, 4.69) is 0 Å². The first-order valence-corrected chi connectivity index (χ1v) is 8.25. The standard InChI is InChI=1S/C8H16O5S2/c1-2-3-5-13-15(11,12)8-4-6-14(9,10)7-8/h8H,2-7H2,1H3/t8-/m1/s1. The van der Waals surface area contributed by atoms with Crippen LogP contribution in [-0.2, 0) is 24.1 Å². The smallest absolute Gasteiger partial charge is 0.270 e. The van der Waals surface area contributed by atoms with Crippen molar-refractivity contribution in [2.24, 2.45) is 0 Å². The van der Waals surface area contributed by atoms with Gasteiger partial charge in [0.15, 0.2) is 9.84 Å². The van der Waals surface area contributed by atoms with Crippen molar-refractivity contribution in [1.29, 1.82) is 0 Å². The Balaban J connectivity index is 2.56. The lowest BCUT2D eigenvalue weighted by Crippen LogP contribution is -2.25. The molecular formula is C8H16O5S2. The van der Waals surface area contributed by atoms with Gasteiger partial charge in [-0.05, 0) is 12.8 Å². The number of unbranched alkanes of at least 4 members (excludes halogenated alkanes) is 1. The quantitative estimate of drug-likeness (QED) is 0.523. The fourth-order valence-corrected chi connectivity index (χ4v) is 5.33. The van der Waals surface area contributed by atoms with Gasteiger partial charge in [0.25, 0.3) is 10.1 Å². The summed E-state index contributed by atoms with van der Waals surface area (Å²) >= 11 is 0. The molecule has 0 aromatic rings. The van der Waals surface area contributed by atoms with Gasteiger partial charge in [-0.3, -0.25) is 4.18 Å². The summed E-state index contributed by atoms with van der Waals surface area (Å²) < 4.78 is 50.0. The molecule has 1 aliphatic heterocycles. The average Bonchev–Trinajstić information content (AvgIpc) is 2.47. The highest BCUT2D eigenvalue weighted by Gasteiger charge is 2.37. The lowest BCUT2D eigenvalue weighted by molar-refractivity contribution is 0.306. The van der Waals surface area contributed by atoms with Crippen molar-refractivity contribution in [2.45, 2.75) is 31.4 Å². The van der Waals surface area contributed by atoms with E-state index in [0.29, 0.717) is 6.42 Å². The fourth-order valence-electron chi connectivity index (χ4n) is 1.40. The summed E-state index contributed by atoms with van der Waals surface area (Å²) in [5.41, 5.74) is 0. The number of rotatable bonds is 5. The van der Waals surface area contributed by atoms with Crippen molar-refractivity contribution in [3.8, 4) is 0 Å². The molecule has 0 aliphatic carbocycles. The second-order valence-corrected chi connectivity index (χ2v) is 7.81. The Bertz CT molecular complexity index is 395. The highest BCUT2D eigenvalue weighted by molar-refractivity contribution is 7.94. The molecule has 0 aromatic heterocycles. The van der Waals surface area contributed by atoms with Crippen LogP contribution in [0.3, 0.4) is 0 Å². The van der Waals surface area contributed by atoms with Crippen LogP contribution in [0, 0.1) is 0 Å². The third-order valence-corrected chi connectivity index (χ3v) is 6.04. The fraction of sp³-hybridized carbons (Fsp3) is 1.00. The van der Waals surface area contributed by atoms with Gasteiger partial charge in [-0.25, -0.2) is 8.42 Å². The zero-order valence-corrected chi connectivity index (χ0v) is 10.3. The lowest BCUT2D eigenvalue weighted by atomic mass is 10.4. The molecule has 0 amide bonds. The summed E-state index contributed by atoms with van der Waals surface area (Å²) in [4.78, 5) is 0. The number of hydrogen-bond acceptors (Lipinski definition) is 5. The Labute approximate surface area is 90.9 Å². The molecule has 1 saturated heterocycles. The molecular weight excluding hydrogens is 240 g/mol. The minimum absolute atomic E-state index is 0.0476. The van der Waals surface area contributed by atoms with Crippen LogP contribution < -0.4 is 0 Å². The molecule has 0 radical (unpaired) electrons. The normalized spacial score (nSPS) is 25.5. The molecule has 1 heterocycles. The van der Waals surface area contributed by atoms with Crippen LogP contribution >= 0.6 is 0 Å². The van der Waals surface area contributed by atoms with Gasteiger partial charge in [0, 0.05) is 0 Å². The van der Waals surface area contributed by atoms with E-state index in [-0.39, 0.29) is 24.5 Å². The maximum atomic E-state index is 11.5. The van der Waals surface area contributed by atoms with Crippen molar-refractivity contribution in [3.05, 3.63) is 0 Å². The monoisotopic (exact) mass is 256 g/mol. The summed E-state index contributed by atoms with van der Waals surface area (Å²) in [6.45, 7) is 2.07. The highest BCUT2D eigenvalue weighted by Crippen LogP contribution is 2.20. The summed E-state index contributed by atoms with van der Waals surface area (Å²) in [7, 11) is -6.85. The van der Waals surface area contributed by atoms with Crippen molar-refractivity contribution < 1.29 is 21.0 Å². The number of hydrogen-bond donors (Lipinski definition) is 0.